The second-order valence-electron chi connectivity index (χ2n) is 4.86. The second kappa shape index (κ2) is 7.00. The van der Waals surface area contributed by atoms with E-state index < -0.39 is 0 Å². The molecule has 0 aliphatic heterocycles. The Labute approximate surface area is 118 Å². The smallest absolute Gasteiger partial charge is 0.241 e. The summed E-state index contributed by atoms with van der Waals surface area (Å²) in [6, 6.07) is 3.70. The van der Waals surface area contributed by atoms with Gasteiger partial charge in [-0.05, 0) is 32.4 Å². The maximum absolute atomic E-state index is 11.8. The summed E-state index contributed by atoms with van der Waals surface area (Å²) in [7, 11) is 0. The van der Waals surface area contributed by atoms with Crippen molar-refractivity contribution in [2.24, 2.45) is 0 Å². The predicted octanol–water partition coefficient (Wildman–Crippen LogP) is 1.36. The van der Waals surface area contributed by atoms with E-state index in [-0.39, 0.29) is 18.6 Å². The van der Waals surface area contributed by atoms with Crippen LogP contribution in [0.5, 0.6) is 0 Å². The van der Waals surface area contributed by atoms with Crippen LogP contribution >= 0.6 is 0 Å². The van der Waals surface area contributed by atoms with Crippen molar-refractivity contribution < 1.29 is 9.53 Å². The van der Waals surface area contributed by atoms with Crippen LogP contribution in [0.2, 0.25) is 0 Å². The molecule has 2 aromatic rings. The number of amides is 1. The van der Waals surface area contributed by atoms with E-state index in [4.69, 9.17) is 4.74 Å². The monoisotopic (exact) mass is 276 g/mol. The molecule has 0 saturated heterocycles. The van der Waals surface area contributed by atoms with E-state index in [2.05, 4.69) is 15.4 Å². The first-order valence-electron chi connectivity index (χ1n) is 6.81. The van der Waals surface area contributed by atoms with Crippen molar-refractivity contribution >= 4 is 16.9 Å². The van der Waals surface area contributed by atoms with Crippen LogP contribution in [0, 0.1) is 0 Å². The van der Waals surface area contributed by atoms with Gasteiger partial charge in [0, 0.05) is 19.3 Å². The van der Waals surface area contributed by atoms with Gasteiger partial charge in [-0.1, -0.05) is 0 Å². The lowest BCUT2D eigenvalue weighted by atomic mass is 10.4. The fraction of sp³-hybridized carbons (Fsp3) is 0.500. The molecule has 0 fully saturated rings. The number of pyridine rings is 1. The van der Waals surface area contributed by atoms with Crippen LogP contribution in [-0.2, 0) is 16.1 Å². The number of rotatable bonds is 7. The lowest BCUT2D eigenvalue weighted by Crippen LogP contribution is -2.29. The summed E-state index contributed by atoms with van der Waals surface area (Å²) in [5, 5.41) is 7.14. The standard InChI is InChI=1S/C14H20N4O2/c1-11(2)20-8-4-7-16-14(19)10-18-9-13-12(17-18)5-3-6-15-13/h3,5-6,9,11H,4,7-8,10H2,1-2H3,(H,16,19). The molecule has 0 radical (unpaired) electrons. The number of carbonyl (C=O) groups is 1. The molecular formula is C14H20N4O2. The maximum Gasteiger partial charge on any atom is 0.241 e. The van der Waals surface area contributed by atoms with E-state index in [1.165, 1.54) is 0 Å². The summed E-state index contributed by atoms with van der Waals surface area (Å²) in [6.07, 6.45) is 4.53. The zero-order valence-electron chi connectivity index (χ0n) is 11.9. The van der Waals surface area contributed by atoms with Crippen molar-refractivity contribution in [2.75, 3.05) is 13.2 Å². The summed E-state index contributed by atoms with van der Waals surface area (Å²) >= 11 is 0. The predicted molar refractivity (Wildman–Crippen MR) is 76.2 cm³/mol. The van der Waals surface area contributed by atoms with Gasteiger partial charge in [0.25, 0.3) is 0 Å². The van der Waals surface area contributed by atoms with Gasteiger partial charge >= 0.3 is 0 Å². The van der Waals surface area contributed by atoms with Crippen LogP contribution in [0.3, 0.4) is 0 Å². The van der Waals surface area contributed by atoms with Gasteiger partial charge in [0.05, 0.1) is 12.3 Å². The minimum absolute atomic E-state index is 0.0534. The van der Waals surface area contributed by atoms with Gasteiger partial charge < -0.3 is 10.1 Å². The Bertz CT molecular complexity index is 532. The molecule has 2 aromatic heterocycles. The van der Waals surface area contributed by atoms with Crippen molar-refractivity contribution in [3.05, 3.63) is 24.5 Å². The van der Waals surface area contributed by atoms with Gasteiger partial charge in [0.15, 0.2) is 0 Å². The zero-order valence-corrected chi connectivity index (χ0v) is 11.9. The number of ether oxygens (including phenoxy) is 1. The average Bonchev–Trinajstić information content (AvgIpc) is 2.79. The summed E-state index contributed by atoms with van der Waals surface area (Å²) in [5.74, 6) is -0.0534. The largest absolute Gasteiger partial charge is 0.379 e. The Morgan fingerprint density at radius 3 is 3.05 bits per heavy atom. The highest BCUT2D eigenvalue weighted by Crippen LogP contribution is 2.07. The van der Waals surface area contributed by atoms with Gasteiger partial charge in [0.1, 0.15) is 17.6 Å². The van der Waals surface area contributed by atoms with E-state index in [1.807, 2.05) is 26.0 Å². The van der Waals surface area contributed by atoms with Crippen molar-refractivity contribution in [3.8, 4) is 0 Å². The zero-order chi connectivity index (χ0) is 14.4. The molecule has 1 N–H and O–H groups in total. The van der Waals surface area contributed by atoms with E-state index in [1.54, 1.807) is 17.1 Å². The minimum Gasteiger partial charge on any atom is -0.379 e. The molecule has 0 aliphatic carbocycles. The lowest BCUT2D eigenvalue weighted by Gasteiger charge is -2.08. The summed E-state index contributed by atoms with van der Waals surface area (Å²) in [4.78, 5) is 15.9. The number of nitrogens with one attached hydrogen (secondary N) is 1. The number of aromatic nitrogens is 3. The van der Waals surface area contributed by atoms with Gasteiger partial charge in [-0.3, -0.25) is 14.5 Å². The quantitative estimate of drug-likeness (QED) is 0.775. The van der Waals surface area contributed by atoms with Crippen LogP contribution in [-0.4, -0.2) is 39.9 Å². The van der Waals surface area contributed by atoms with Gasteiger partial charge in [-0.25, -0.2) is 0 Å². The molecule has 1 amide bonds. The molecule has 0 bridgehead atoms. The highest BCUT2D eigenvalue weighted by molar-refractivity contribution is 5.77. The molecule has 6 nitrogen and oxygen atoms in total. The SMILES string of the molecule is CC(C)OCCCNC(=O)Cn1cc2ncccc2n1. The Balaban J connectivity index is 1.74. The Kier molecular flexibility index (Phi) is 5.06. The maximum atomic E-state index is 11.8. The molecular weight excluding hydrogens is 256 g/mol. The van der Waals surface area contributed by atoms with E-state index in [0.29, 0.717) is 13.2 Å². The molecule has 20 heavy (non-hydrogen) atoms. The van der Waals surface area contributed by atoms with E-state index in [9.17, 15) is 4.79 Å². The van der Waals surface area contributed by atoms with Crippen LogP contribution in [0.25, 0.3) is 11.0 Å². The third kappa shape index (κ3) is 4.31. The summed E-state index contributed by atoms with van der Waals surface area (Å²) < 4.78 is 7.01. The first-order valence-corrected chi connectivity index (χ1v) is 6.81. The number of hydrogen-bond acceptors (Lipinski definition) is 4. The van der Waals surface area contributed by atoms with Gasteiger partial charge in [-0.15, -0.1) is 0 Å². The van der Waals surface area contributed by atoms with Crippen molar-refractivity contribution in [3.63, 3.8) is 0 Å². The summed E-state index contributed by atoms with van der Waals surface area (Å²) in [5.41, 5.74) is 1.59. The first kappa shape index (κ1) is 14.5. The number of hydrogen-bond donors (Lipinski definition) is 1. The molecule has 0 spiro atoms. The van der Waals surface area contributed by atoms with Crippen molar-refractivity contribution in [2.45, 2.75) is 32.9 Å². The minimum atomic E-state index is -0.0534. The molecule has 0 unspecified atom stereocenters. The molecule has 0 aliphatic rings. The summed E-state index contributed by atoms with van der Waals surface area (Å²) in [6.45, 7) is 5.48. The van der Waals surface area contributed by atoms with E-state index in [0.717, 1.165) is 17.5 Å². The second-order valence-corrected chi connectivity index (χ2v) is 4.86. The normalized spacial score (nSPS) is 11.2. The number of carbonyl (C=O) groups excluding carboxylic acids is 1. The lowest BCUT2D eigenvalue weighted by molar-refractivity contribution is -0.121. The van der Waals surface area contributed by atoms with Gasteiger partial charge in [-0.2, -0.15) is 5.10 Å². The average molecular weight is 276 g/mol. The molecule has 0 aromatic carbocycles. The number of fused-ring (bicyclic) bond motifs is 1. The third-order valence-electron chi connectivity index (χ3n) is 2.72. The fourth-order valence-electron chi connectivity index (χ4n) is 1.80. The topological polar surface area (TPSA) is 69.0 Å². The van der Waals surface area contributed by atoms with Crippen LogP contribution in [0.15, 0.2) is 24.5 Å². The fourth-order valence-corrected chi connectivity index (χ4v) is 1.80. The van der Waals surface area contributed by atoms with Crippen LogP contribution in [0.1, 0.15) is 20.3 Å². The molecule has 0 saturated carbocycles. The molecule has 2 heterocycles. The third-order valence-corrected chi connectivity index (χ3v) is 2.72. The molecule has 108 valence electrons. The molecule has 2 rings (SSSR count). The Morgan fingerprint density at radius 1 is 1.45 bits per heavy atom. The Morgan fingerprint density at radius 2 is 2.30 bits per heavy atom. The molecule has 0 atom stereocenters. The highest BCUT2D eigenvalue weighted by atomic mass is 16.5. The van der Waals surface area contributed by atoms with Crippen LogP contribution < -0.4 is 5.32 Å². The van der Waals surface area contributed by atoms with Crippen LogP contribution in [0.4, 0.5) is 0 Å². The van der Waals surface area contributed by atoms with Gasteiger partial charge in [0.2, 0.25) is 5.91 Å². The number of nitrogens with zero attached hydrogens (tertiary/aromatic N) is 3. The molecule has 6 heteroatoms. The van der Waals surface area contributed by atoms with Crippen molar-refractivity contribution in [1.29, 1.82) is 0 Å². The first-order chi connectivity index (χ1) is 9.65. The van der Waals surface area contributed by atoms with E-state index >= 15 is 0 Å². The highest BCUT2D eigenvalue weighted by Gasteiger charge is 2.05. The Hall–Kier alpha value is -1.95. The van der Waals surface area contributed by atoms with Crippen molar-refractivity contribution in [1.82, 2.24) is 20.1 Å².